The van der Waals surface area contributed by atoms with E-state index >= 15 is 0 Å². The van der Waals surface area contributed by atoms with E-state index in [0.29, 0.717) is 16.5 Å². The summed E-state index contributed by atoms with van der Waals surface area (Å²) in [5, 5.41) is 3.51. The summed E-state index contributed by atoms with van der Waals surface area (Å²) in [6, 6.07) is 6.83. The van der Waals surface area contributed by atoms with Gasteiger partial charge in [0.15, 0.2) is 5.82 Å². The van der Waals surface area contributed by atoms with Crippen LogP contribution in [-0.4, -0.2) is 18.1 Å². The molecule has 0 aliphatic rings. The van der Waals surface area contributed by atoms with Crippen LogP contribution < -0.4 is 11.1 Å². The molecule has 2 rings (SSSR count). The largest absolute Gasteiger partial charge is 0.465 e. The third-order valence-electron chi connectivity index (χ3n) is 2.58. The van der Waals surface area contributed by atoms with Gasteiger partial charge in [-0.25, -0.2) is 9.78 Å². The van der Waals surface area contributed by atoms with E-state index in [0.717, 1.165) is 4.47 Å². The van der Waals surface area contributed by atoms with Crippen LogP contribution in [0.2, 0.25) is 5.02 Å². The van der Waals surface area contributed by atoms with Gasteiger partial charge in [0.1, 0.15) is 0 Å². The molecule has 7 heteroatoms. The van der Waals surface area contributed by atoms with E-state index in [1.165, 1.54) is 19.4 Å². The number of nitrogens with zero attached hydrogens (tertiary/aromatic N) is 1. The normalized spacial score (nSPS) is 10.2. The number of ether oxygens (including phenoxy) is 1. The van der Waals surface area contributed by atoms with E-state index in [9.17, 15) is 4.79 Å². The van der Waals surface area contributed by atoms with Crippen LogP contribution in [0.1, 0.15) is 10.4 Å². The maximum absolute atomic E-state index is 11.6. The Kier molecular flexibility index (Phi) is 4.46. The summed E-state index contributed by atoms with van der Waals surface area (Å²) in [5.41, 5.74) is 6.99. The lowest BCUT2D eigenvalue weighted by atomic mass is 10.2. The molecular formula is C13H11BrClN3O2. The molecule has 0 radical (unpaired) electrons. The van der Waals surface area contributed by atoms with Crippen LogP contribution in [0.3, 0.4) is 0 Å². The van der Waals surface area contributed by atoms with Crippen LogP contribution >= 0.6 is 27.5 Å². The molecule has 0 atom stereocenters. The van der Waals surface area contributed by atoms with E-state index in [4.69, 9.17) is 17.3 Å². The third kappa shape index (κ3) is 3.02. The molecule has 0 spiro atoms. The Morgan fingerprint density at radius 1 is 1.45 bits per heavy atom. The van der Waals surface area contributed by atoms with Crippen molar-refractivity contribution >= 4 is 50.7 Å². The second kappa shape index (κ2) is 6.11. The van der Waals surface area contributed by atoms with Crippen molar-refractivity contribution in [3.8, 4) is 0 Å². The first kappa shape index (κ1) is 14.6. The van der Waals surface area contributed by atoms with Crippen molar-refractivity contribution in [1.29, 1.82) is 0 Å². The van der Waals surface area contributed by atoms with Crippen LogP contribution in [0.5, 0.6) is 0 Å². The molecule has 1 aromatic heterocycles. The minimum absolute atomic E-state index is 0.204. The zero-order valence-corrected chi connectivity index (χ0v) is 12.8. The number of carbonyl (C=O) groups excluding carboxylic acids is 1. The van der Waals surface area contributed by atoms with Gasteiger partial charge < -0.3 is 15.8 Å². The number of hydrogen-bond acceptors (Lipinski definition) is 5. The minimum atomic E-state index is -0.520. The standard InChI is InChI=1S/C13H11BrClN3O2/c1-20-13(19)8-4-5-17-12(11(8)16)18-10-6-7(14)2-3-9(10)15/h2-6H,16H2,1H3,(H,17,18). The first-order valence-electron chi connectivity index (χ1n) is 5.57. The SMILES string of the molecule is COC(=O)c1ccnc(Nc2cc(Br)ccc2Cl)c1N. The number of methoxy groups -OCH3 is 1. The summed E-state index contributed by atoms with van der Waals surface area (Å²) in [7, 11) is 1.29. The number of pyridine rings is 1. The molecule has 0 saturated heterocycles. The number of nitrogens with one attached hydrogen (secondary N) is 1. The first-order valence-corrected chi connectivity index (χ1v) is 6.75. The number of hydrogen-bond donors (Lipinski definition) is 2. The topological polar surface area (TPSA) is 77.2 Å². The van der Waals surface area contributed by atoms with Gasteiger partial charge in [-0.15, -0.1) is 0 Å². The number of nitrogens with two attached hydrogens (primary N) is 1. The number of aromatic nitrogens is 1. The summed E-state index contributed by atoms with van der Waals surface area (Å²) < 4.78 is 5.51. The number of esters is 1. The molecule has 5 nitrogen and oxygen atoms in total. The Labute approximate surface area is 129 Å². The minimum Gasteiger partial charge on any atom is -0.465 e. The number of carbonyl (C=O) groups is 1. The van der Waals surface area contributed by atoms with E-state index in [1.54, 1.807) is 12.1 Å². The summed E-state index contributed by atoms with van der Waals surface area (Å²) in [6.45, 7) is 0. The van der Waals surface area contributed by atoms with Gasteiger partial charge in [0.2, 0.25) is 0 Å². The van der Waals surface area contributed by atoms with E-state index in [-0.39, 0.29) is 11.3 Å². The Bertz CT molecular complexity index is 664. The molecule has 0 fully saturated rings. The van der Waals surface area contributed by atoms with Gasteiger partial charge in [-0.3, -0.25) is 0 Å². The van der Waals surface area contributed by atoms with Crippen molar-refractivity contribution in [2.24, 2.45) is 0 Å². The molecule has 0 amide bonds. The van der Waals surface area contributed by atoms with Crippen molar-refractivity contribution in [2.45, 2.75) is 0 Å². The van der Waals surface area contributed by atoms with E-state index < -0.39 is 5.97 Å². The van der Waals surface area contributed by atoms with Crippen LogP contribution in [0.15, 0.2) is 34.9 Å². The quantitative estimate of drug-likeness (QED) is 0.822. The lowest BCUT2D eigenvalue weighted by Gasteiger charge is -2.12. The molecule has 1 heterocycles. The number of anilines is 3. The maximum atomic E-state index is 11.6. The Morgan fingerprint density at radius 3 is 2.90 bits per heavy atom. The second-order valence-electron chi connectivity index (χ2n) is 3.86. The van der Waals surface area contributed by atoms with Crippen LogP contribution in [0.25, 0.3) is 0 Å². The van der Waals surface area contributed by atoms with Crippen molar-refractivity contribution in [2.75, 3.05) is 18.2 Å². The average Bonchev–Trinajstić information content (AvgIpc) is 2.44. The fourth-order valence-electron chi connectivity index (χ4n) is 1.58. The first-order chi connectivity index (χ1) is 9.52. The van der Waals surface area contributed by atoms with Crippen molar-refractivity contribution in [1.82, 2.24) is 4.98 Å². The van der Waals surface area contributed by atoms with E-state index in [2.05, 4.69) is 31.0 Å². The lowest BCUT2D eigenvalue weighted by molar-refractivity contribution is 0.0602. The van der Waals surface area contributed by atoms with Gasteiger partial charge in [0.05, 0.1) is 29.1 Å². The highest BCUT2D eigenvalue weighted by Gasteiger charge is 2.14. The zero-order chi connectivity index (χ0) is 14.7. The van der Waals surface area contributed by atoms with Gasteiger partial charge in [-0.05, 0) is 24.3 Å². The maximum Gasteiger partial charge on any atom is 0.340 e. The molecule has 20 heavy (non-hydrogen) atoms. The highest BCUT2D eigenvalue weighted by atomic mass is 79.9. The lowest BCUT2D eigenvalue weighted by Crippen LogP contribution is -2.09. The third-order valence-corrected chi connectivity index (χ3v) is 3.40. The van der Waals surface area contributed by atoms with Crippen LogP contribution in [0, 0.1) is 0 Å². The highest BCUT2D eigenvalue weighted by molar-refractivity contribution is 9.10. The predicted molar refractivity (Wildman–Crippen MR) is 82.4 cm³/mol. The Balaban J connectivity index is 2.39. The predicted octanol–water partition coefficient (Wildman–Crippen LogP) is 3.61. The van der Waals surface area contributed by atoms with Crippen LogP contribution in [0.4, 0.5) is 17.2 Å². The number of rotatable bonds is 3. The molecular weight excluding hydrogens is 346 g/mol. The van der Waals surface area contributed by atoms with Gasteiger partial charge in [0, 0.05) is 10.7 Å². The fraction of sp³-hybridized carbons (Fsp3) is 0.0769. The van der Waals surface area contributed by atoms with Gasteiger partial charge in [0.25, 0.3) is 0 Å². The fourth-order valence-corrected chi connectivity index (χ4v) is 2.11. The molecule has 1 aromatic carbocycles. The van der Waals surface area contributed by atoms with Gasteiger partial charge in [-0.2, -0.15) is 0 Å². The van der Waals surface area contributed by atoms with Gasteiger partial charge in [-0.1, -0.05) is 27.5 Å². The summed E-state index contributed by atoms with van der Waals surface area (Å²) >= 11 is 9.44. The second-order valence-corrected chi connectivity index (χ2v) is 5.18. The van der Waals surface area contributed by atoms with Crippen LogP contribution in [-0.2, 0) is 4.74 Å². The van der Waals surface area contributed by atoms with E-state index in [1.807, 2.05) is 6.07 Å². The summed E-state index contributed by atoms with van der Waals surface area (Å²) in [5.74, 6) is -0.179. The highest BCUT2D eigenvalue weighted by Crippen LogP contribution is 2.30. The molecule has 0 aliphatic carbocycles. The molecule has 0 unspecified atom stereocenters. The van der Waals surface area contributed by atoms with Crippen molar-refractivity contribution in [3.63, 3.8) is 0 Å². The molecule has 0 saturated carbocycles. The molecule has 104 valence electrons. The summed E-state index contributed by atoms with van der Waals surface area (Å²) in [4.78, 5) is 15.7. The zero-order valence-electron chi connectivity index (χ0n) is 10.5. The Morgan fingerprint density at radius 2 is 2.20 bits per heavy atom. The molecule has 0 aliphatic heterocycles. The molecule has 3 N–H and O–H groups in total. The number of halogens is 2. The van der Waals surface area contributed by atoms with Crippen molar-refractivity contribution < 1.29 is 9.53 Å². The Hall–Kier alpha value is -1.79. The van der Waals surface area contributed by atoms with Gasteiger partial charge >= 0.3 is 5.97 Å². The van der Waals surface area contributed by atoms with Crippen molar-refractivity contribution in [3.05, 3.63) is 45.5 Å². The monoisotopic (exact) mass is 355 g/mol. The molecule has 2 aromatic rings. The smallest absolute Gasteiger partial charge is 0.340 e. The molecule has 0 bridgehead atoms. The average molecular weight is 357 g/mol. The summed E-state index contributed by atoms with van der Waals surface area (Å²) in [6.07, 6.45) is 1.47. The number of benzene rings is 1. The number of nitrogen functional groups attached to an aromatic ring is 1.